The van der Waals surface area contributed by atoms with E-state index in [1.807, 2.05) is 36.1 Å². The van der Waals surface area contributed by atoms with Crippen molar-refractivity contribution < 1.29 is 19.1 Å². The first-order valence-electron chi connectivity index (χ1n) is 13.0. The average Bonchev–Trinajstić information content (AvgIpc) is 3.14. The van der Waals surface area contributed by atoms with Gasteiger partial charge in [-0.2, -0.15) is 0 Å². The Morgan fingerprint density at radius 1 is 1.00 bits per heavy atom. The summed E-state index contributed by atoms with van der Waals surface area (Å²) in [6.45, 7) is 6.32. The second-order valence-electron chi connectivity index (χ2n) is 9.33. The minimum atomic E-state index is -0.654. The summed E-state index contributed by atoms with van der Waals surface area (Å²) < 4.78 is 10.7. The Balaban J connectivity index is 1.46. The van der Waals surface area contributed by atoms with Crippen LogP contribution in [0.25, 0.3) is 0 Å². The maximum absolute atomic E-state index is 13.6. The van der Waals surface area contributed by atoms with Crippen LogP contribution in [-0.2, 0) is 9.59 Å². The van der Waals surface area contributed by atoms with Crippen molar-refractivity contribution in [2.75, 3.05) is 50.1 Å². The van der Waals surface area contributed by atoms with Gasteiger partial charge in [-0.25, -0.2) is 0 Å². The predicted molar refractivity (Wildman–Crippen MR) is 149 cm³/mol. The van der Waals surface area contributed by atoms with Crippen LogP contribution in [-0.4, -0.2) is 72.7 Å². The summed E-state index contributed by atoms with van der Waals surface area (Å²) in [5, 5.41) is 3.35. The van der Waals surface area contributed by atoms with E-state index >= 15 is 0 Å². The van der Waals surface area contributed by atoms with Crippen molar-refractivity contribution in [2.24, 2.45) is 0 Å². The summed E-state index contributed by atoms with van der Waals surface area (Å²) in [7, 11) is 1.60. The lowest BCUT2D eigenvalue weighted by Crippen LogP contribution is -2.40. The van der Waals surface area contributed by atoms with Crippen molar-refractivity contribution in [3.8, 4) is 11.5 Å². The van der Waals surface area contributed by atoms with Gasteiger partial charge in [-0.05, 0) is 107 Å². The van der Waals surface area contributed by atoms with Crippen molar-refractivity contribution in [1.82, 2.24) is 9.80 Å². The molecule has 0 saturated carbocycles. The summed E-state index contributed by atoms with van der Waals surface area (Å²) in [6, 6.07) is 13.8. The third-order valence-electron chi connectivity index (χ3n) is 6.80. The number of carbonyl (C=O) groups excluding carboxylic acids is 2. The Morgan fingerprint density at radius 2 is 1.68 bits per heavy atom. The lowest BCUT2D eigenvalue weighted by Gasteiger charge is -2.28. The number of carbonyl (C=O) groups is 2. The zero-order valence-corrected chi connectivity index (χ0v) is 22.5. The number of methoxy groups -OCH3 is 1. The average molecular weight is 525 g/mol. The molecule has 4 rings (SSSR count). The molecule has 1 atom stereocenters. The number of hydrogen-bond acceptors (Lipinski definition) is 6. The van der Waals surface area contributed by atoms with Crippen LogP contribution >= 0.6 is 12.2 Å². The third-order valence-corrected chi connectivity index (χ3v) is 7.22. The van der Waals surface area contributed by atoms with Crippen LogP contribution in [0.4, 0.5) is 11.4 Å². The highest BCUT2D eigenvalue weighted by Crippen LogP contribution is 2.29. The van der Waals surface area contributed by atoms with E-state index in [2.05, 4.69) is 10.2 Å². The standard InChI is InChI=1S/C28H36N4O4S/c1-3-36-24-12-8-21(9-13-24)29-26(33)20-25-27(34)32(22-10-14-23(35-2)15-11-22)28(37)31(25)19-7-18-30-16-5-4-6-17-30/h8-15,25H,3-7,16-20H2,1-2H3,(H,29,33)/t25-/m1/s1. The number of piperidine rings is 1. The minimum absolute atomic E-state index is 0.0164. The monoisotopic (exact) mass is 524 g/mol. The van der Waals surface area contributed by atoms with Crippen LogP contribution in [0.15, 0.2) is 48.5 Å². The molecule has 2 aromatic rings. The molecule has 198 valence electrons. The molecule has 2 aliphatic heterocycles. The van der Waals surface area contributed by atoms with Crippen LogP contribution in [0.3, 0.4) is 0 Å². The SMILES string of the molecule is CCOc1ccc(NC(=O)C[C@@H]2C(=O)N(c3ccc(OC)cc3)C(=S)N2CCCN2CCCCC2)cc1. The molecule has 0 spiro atoms. The summed E-state index contributed by atoms with van der Waals surface area (Å²) >= 11 is 5.79. The van der Waals surface area contributed by atoms with E-state index in [1.54, 1.807) is 36.3 Å². The van der Waals surface area contributed by atoms with Crippen molar-refractivity contribution in [3.05, 3.63) is 48.5 Å². The number of ether oxygens (including phenoxy) is 2. The molecule has 37 heavy (non-hydrogen) atoms. The second-order valence-corrected chi connectivity index (χ2v) is 9.69. The van der Waals surface area contributed by atoms with E-state index in [-0.39, 0.29) is 18.2 Å². The summed E-state index contributed by atoms with van der Waals surface area (Å²) in [6.07, 6.45) is 4.66. The molecule has 2 amide bonds. The Kier molecular flexibility index (Phi) is 9.35. The molecule has 9 heteroatoms. The van der Waals surface area contributed by atoms with Gasteiger partial charge >= 0.3 is 0 Å². The van der Waals surface area contributed by atoms with Gasteiger partial charge in [0.25, 0.3) is 5.91 Å². The predicted octanol–water partition coefficient (Wildman–Crippen LogP) is 4.30. The number of nitrogens with zero attached hydrogens (tertiary/aromatic N) is 3. The Bertz CT molecular complexity index is 1070. The maximum atomic E-state index is 13.6. The summed E-state index contributed by atoms with van der Waals surface area (Å²) in [5.74, 6) is 1.02. The molecule has 1 N–H and O–H groups in total. The van der Waals surface area contributed by atoms with Crippen molar-refractivity contribution >= 4 is 40.5 Å². The first-order chi connectivity index (χ1) is 18.0. The number of thiocarbonyl (C=S) groups is 1. The Labute approximate surface area is 224 Å². The second kappa shape index (κ2) is 12.9. The molecular formula is C28H36N4O4S. The molecule has 0 unspecified atom stereocenters. The molecule has 2 saturated heterocycles. The van der Waals surface area contributed by atoms with Crippen LogP contribution in [0, 0.1) is 0 Å². The number of amides is 2. The van der Waals surface area contributed by atoms with Crippen molar-refractivity contribution in [1.29, 1.82) is 0 Å². The zero-order valence-electron chi connectivity index (χ0n) is 21.7. The number of rotatable bonds is 11. The largest absolute Gasteiger partial charge is 0.497 e. The minimum Gasteiger partial charge on any atom is -0.497 e. The molecule has 2 heterocycles. The van der Waals surface area contributed by atoms with E-state index < -0.39 is 6.04 Å². The molecule has 0 aliphatic carbocycles. The fraction of sp³-hybridized carbons (Fsp3) is 0.464. The first kappa shape index (κ1) is 26.9. The van der Waals surface area contributed by atoms with E-state index in [9.17, 15) is 9.59 Å². The topological polar surface area (TPSA) is 74.3 Å². The first-order valence-corrected chi connectivity index (χ1v) is 13.4. The number of likely N-dealkylation sites (tertiary alicyclic amines) is 1. The van der Waals surface area contributed by atoms with Crippen molar-refractivity contribution in [2.45, 2.75) is 45.1 Å². The normalized spacial score (nSPS) is 18.3. The van der Waals surface area contributed by atoms with Crippen molar-refractivity contribution in [3.63, 3.8) is 0 Å². The lowest BCUT2D eigenvalue weighted by atomic mass is 10.1. The molecule has 2 aromatic carbocycles. The van der Waals surface area contributed by atoms with Crippen LogP contribution in [0.5, 0.6) is 11.5 Å². The van der Waals surface area contributed by atoms with E-state index in [4.69, 9.17) is 21.7 Å². The van der Waals surface area contributed by atoms with Gasteiger partial charge in [0.05, 0.1) is 25.8 Å². The highest BCUT2D eigenvalue weighted by atomic mass is 32.1. The van der Waals surface area contributed by atoms with E-state index in [0.717, 1.165) is 31.8 Å². The number of hydrogen-bond donors (Lipinski definition) is 1. The highest BCUT2D eigenvalue weighted by molar-refractivity contribution is 7.80. The van der Waals surface area contributed by atoms with Gasteiger partial charge in [0.1, 0.15) is 17.5 Å². The lowest BCUT2D eigenvalue weighted by molar-refractivity contribution is -0.124. The van der Waals surface area contributed by atoms with Crippen LogP contribution < -0.4 is 19.7 Å². The van der Waals surface area contributed by atoms with Gasteiger partial charge in [0, 0.05) is 12.2 Å². The van der Waals surface area contributed by atoms with E-state index in [1.165, 1.54) is 19.3 Å². The smallest absolute Gasteiger partial charge is 0.256 e. The number of anilines is 2. The van der Waals surface area contributed by atoms with Gasteiger partial charge in [-0.1, -0.05) is 6.42 Å². The number of benzene rings is 2. The maximum Gasteiger partial charge on any atom is 0.256 e. The van der Waals surface area contributed by atoms with E-state index in [0.29, 0.717) is 35.4 Å². The molecular weight excluding hydrogens is 488 g/mol. The summed E-state index contributed by atoms with van der Waals surface area (Å²) in [4.78, 5) is 32.6. The summed E-state index contributed by atoms with van der Waals surface area (Å²) in [5.41, 5.74) is 1.33. The molecule has 2 fully saturated rings. The highest BCUT2D eigenvalue weighted by Gasteiger charge is 2.43. The van der Waals surface area contributed by atoms with Crippen LogP contribution in [0.2, 0.25) is 0 Å². The fourth-order valence-corrected chi connectivity index (χ4v) is 5.31. The number of nitrogens with one attached hydrogen (secondary N) is 1. The van der Waals surface area contributed by atoms with Gasteiger partial charge in [-0.3, -0.25) is 14.5 Å². The molecule has 8 nitrogen and oxygen atoms in total. The van der Waals surface area contributed by atoms with Gasteiger partial charge < -0.3 is 24.6 Å². The molecule has 2 aliphatic rings. The Hall–Kier alpha value is -3.17. The molecule has 0 bridgehead atoms. The van der Waals surface area contributed by atoms with Gasteiger partial charge in [-0.15, -0.1) is 0 Å². The molecule has 0 aromatic heterocycles. The van der Waals surface area contributed by atoms with Crippen LogP contribution in [0.1, 0.15) is 39.0 Å². The molecule has 0 radical (unpaired) electrons. The third kappa shape index (κ3) is 6.78. The van der Waals surface area contributed by atoms with Gasteiger partial charge in [0.15, 0.2) is 5.11 Å². The van der Waals surface area contributed by atoms with Gasteiger partial charge in [0.2, 0.25) is 5.91 Å². The zero-order chi connectivity index (χ0) is 26.2. The Morgan fingerprint density at radius 3 is 2.32 bits per heavy atom. The fourth-order valence-electron chi connectivity index (χ4n) is 4.89. The quantitative estimate of drug-likeness (QED) is 0.440.